The van der Waals surface area contributed by atoms with Crippen LogP contribution < -0.4 is 5.32 Å². The Kier molecular flexibility index (Phi) is 9.85. The summed E-state index contributed by atoms with van der Waals surface area (Å²) in [5.41, 5.74) is -0.0586. The Morgan fingerprint density at radius 1 is 1.00 bits per heavy atom. The molecule has 2 nitrogen and oxygen atoms in total. The molecule has 0 aromatic heterocycles. The molecule has 0 fully saturated rings. The molecule has 1 unspecified atom stereocenters. The van der Waals surface area contributed by atoms with Crippen LogP contribution in [0.1, 0.15) is 72.1 Å². The van der Waals surface area contributed by atoms with Gasteiger partial charge in [0.15, 0.2) is 0 Å². The second kappa shape index (κ2) is 9.90. The Morgan fingerprint density at radius 3 is 2.00 bits per heavy atom. The van der Waals surface area contributed by atoms with E-state index in [4.69, 9.17) is 4.74 Å². The van der Waals surface area contributed by atoms with E-state index in [9.17, 15) is 0 Å². The Balaban J connectivity index is 3.57. The van der Waals surface area contributed by atoms with Gasteiger partial charge in [-0.25, -0.2) is 0 Å². The minimum Gasteiger partial charge on any atom is -0.377 e. The third-order valence-electron chi connectivity index (χ3n) is 3.81. The van der Waals surface area contributed by atoms with E-state index < -0.39 is 0 Å². The van der Waals surface area contributed by atoms with Gasteiger partial charge in [0.25, 0.3) is 0 Å². The van der Waals surface area contributed by atoms with Crippen molar-refractivity contribution in [3.05, 3.63) is 0 Å². The van der Waals surface area contributed by atoms with Crippen molar-refractivity contribution in [1.29, 1.82) is 0 Å². The molecule has 0 aliphatic rings. The number of likely N-dealkylation sites (N-methyl/N-ethyl adjacent to an activating group) is 1. The summed E-state index contributed by atoms with van der Waals surface area (Å²) in [5.74, 6) is 0. The van der Waals surface area contributed by atoms with Crippen molar-refractivity contribution in [3.63, 3.8) is 0 Å². The maximum Gasteiger partial charge on any atom is 0.0774 e. The van der Waals surface area contributed by atoms with Crippen molar-refractivity contribution in [2.75, 3.05) is 14.2 Å². The first kappa shape index (κ1) is 16.9. The average Bonchev–Trinajstić information content (AvgIpc) is 2.32. The SMILES string of the molecule is CCCCCCCCCC(NC)C(C)(C)OC. The summed E-state index contributed by atoms with van der Waals surface area (Å²) in [6.07, 6.45) is 10.8. The summed E-state index contributed by atoms with van der Waals surface area (Å²) >= 11 is 0. The number of rotatable bonds is 11. The second-order valence-electron chi connectivity index (χ2n) is 5.56. The summed E-state index contributed by atoms with van der Waals surface area (Å²) in [4.78, 5) is 0. The fourth-order valence-electron chi connectivity index (χ4n) is 2.29. The lowest BCUT2D eigenvalue weighted by atomic mass is 9.93. The van der Waals surface area contributed by atoms with E-state index in [0.29, 0.717) is 6.04 Å². The Morgan fingerprint density at radius 2 is 1.53 bits per heavy atom. The first-order chi connectivity index (χ1) is 8.08. The van der Waals surface area contributed by atoms with Crippen molar-refractivity contribution >= 4 is 0 Å². The van der Waals surface area contributed by atoms with Crippen molar-refractivity contribution in [1.82, 2.24) is 5.32 Å². The lowest BCUT2D eigenvalue weighted by molar-refractivity contribution is -0.0110. The highest BCUT2D eigenvalue weighted by molar-refractivity contribution is 4.84. The average molecular weight is 243 g/mol. The fraction of sp³-hybridized carbons (Fsp3) is 1.00. The molecule has 0 saturated carbocycles. The van der Waals surface area contributed by atoms with Gasteiger partial charge in [-0.3, -0.25) is 0 Å². The van der Waals surface area contributed by atoms with Crippen LogP contribution in [0.4, 0.5) is 0 Å². The number of hydrogen-bond donors (Lipinski definition) is 1. The van der Waals surface area contributed by atoms with Crippen molar-refractivity contribution in [2.24, 2.45) is 0 Å². The van der Waals surface area contributed by atoms with E-state index >= 15 is 0 Å². The number of methoxy groups -OCH3 is 1. The number of nitrogens with one attached hydrogen (secondary N) is 1. The quantitative estimate of drug-likeness (QED) is 0.551. The summed E-state index contributed by atoms with van der Waals surface area (Å²) in [5, 5.41) is 3.38. The molecule has 0 radical (unpaired) electrons. The third-order valence-corrected chi connectivity index (χ3v) is 3.81. The zero-order chi connectivity index (χ0) is 13.1. The second-order valence-corrected chi connectivity index (χ2v) is 5.56. The maximum absolute atomic E-state index is 5.54. The predicted molar refractivity (Wildman–Crippen MR) is 76.5 cm³/mol. The van der Waals surface area contributed by atoms with Crippen LogP contribution in [0.15, 0.2) is 0 Å². The lowest BCUT2D eigenvalue weighted by Gasteiger charge is -2.33. The minimum absolute atomic E-state index is 0.0586. The Hall–Kier alpha value is -0.0800. The topological polar surface area (TPSA) is 21.3 Å². The van der Waals surface area contributed by atoms with Crippen LogP contribution in [0.25, 0.3) is 0 Å². The summed E-state index contributed by atoms with van der Waals surface area (Å²) in [7, 11) is 3.84. The molecule has 0 aliphatic carbocycles. The van der Waals surface area contributed by atoms with E-state index in [-0.39, 0.29) is 5.60 Å². The van der Waals surface area contributed by atoms with Crippen LogP contribution >= 0.6 is 0 Å². The summed E-state index contributed by atoms with van der Waals surface area (Å²) in [6, 6.07) is 0.461. The van der Waals surface area contributed by atoms with Crippen molar-refractivity contribution in [3.8, 4) is 0 Å². The Bertz CT molecular complexity index is 168. The molecule has 0 spiro atoms. The zero-order valence-electron chi connectivity index (χ0n) is 12.6. The first-order valence-corrected chi connectivity index (χ1v) is 7.31. The van der Waals surface area contributed by atoms with Crippen LogP contribution in [-0.2, 0) is 4.74 Å². The number of unbranched alkanes of at least 4 members (excludes halogenated alkanes) is 6. The molecule has 1 N–H and O–H groups in total. The third kappa shape index (κ3) is 7.77. The van der Waals surface area contributed by atoms with Gasteiger partial charge in [0.05, 0.1) is 5.60 Å². The normalized spacial score (nSPS) is 13.9. The van der Waals surface area contributed by atoms with E-state index in [0.717, 1.165) is 0 Å². The van der Waals surface area contributed by atoms with Gasteiger partial charge in [0.1, 0.15) is 0 Å². The van der Waals surface area contributed by atoms with Crippen LogP contribution in [0, 0.1) is 0 Å². The number of ether oxygens (including phenoxy) is 1. The van der Waals surface area contributed by atoms with Gasteiger partial charge in [-0.1, -0.05) is 51.9 Å². The minimum atomic E-state index is -0.0586. The highest BCUT2D eigenvalue weighted by Gasteiger charge is 2.26. The molecule has 0 saturated heterocycles. The summed E-state index contributed by atoms with van der Waals surface area (Å²) < 4.78 is 5.54. The maximum atomic E-state index is 5.54. The van der Waals surface area contributed by atoms with E-state index in [1.807, 2.05) is 7.05 Å². The van der Waals surface area contributed by atoms with Gasteiger partial charge in [0.2, 0.25) is 0 Å². The van der Waals surface area contributed by atoms with Crippen LogP contribution in [-0.4, -0.2) is 25.8 Å². The highest BCUT2D eigenvalue weighted by Crippen LogP contribution is 2.19. The molecule has 0 rings (SSSR count). The molecule has 0 aliphatic heterocycles. The van der Waals surface area contributed by atoms with Crippen LogP contribution in [0.2, 0.25) is 0 Å². The first-order valence-electron chi connectivity index (χ1n) is 7.31. The molecule has 104 valence electrons. The van der Waals surface area contributed by atoms with E-state index in [1.165, 1.54) is 51.4 Å². The van der Waals surface area contributed by atoms with E-state index in [2.05, 4.69) is 26.1 Å². The smallest absolute Gasteiger partial charge is 0.0774 e. The van der Waals surface area contributed by atoms with Gasteiger partial charge in [-0.05, 0) is 27.3 Å². The monoisotopic (exact) mass is 243 g/mol. The Labute approximate surface area is 109 Å². The molecule has 0 bridgehead atoms. The molecule has 2 heteroatoms. The molecular weight excluding hydrogens is 210 g/mol. The van der Waals surface area contributed by atoms with Gasteiger partial charge in [-0.15, -0.1) is 0 Å². The molecular formula is C15H33NO. The highest BCUT2D eigenvalue weighted by atomic mass is 16.5. The van der Waals surface area contributed by atoms with E-state index in [1.54, 1.807) is 7.11 Å². The molecule has 0 aromatic rings. The summed E-state index contributed by atoms with van der Waals surface area (Å²) in [6.45, 7) is 6.59. The standard InChI is InChI=1S/C15H33NO/c1-6-7-8-9-10-11-12-13-14(16-4)15(2,3)17-5/h14,16H,6-13H2,1-5H3. The molecule has 17 heavy (non-hydrogen) atoms. The predicted octanol–water partition coefficient (Wildman–Crippen LogP) is 4.14. The van der Waals surface area contributed by atoms with Crippen LogP contribution in [0.5, 0.6) is 0 Å². The number of hydrogen-bond acceptors (Lipinski definition) is 2. The van der Waals surface area contributed by atoms with Gasteiger partial charge < -0.3 is 10.1 Å². The van der Waals surface area contributed by atoms with Crippen molar-refractivity contribution in [2.45, 2.75) is 83.8 Å². The molecule has 0 heterocycles. The van der Waals surface area contributed by atoms with Gasteiger partial charge in [0, 0.05) is 13.2 Å². The molecule has 1 atom stereocenters. The fourth-order valence-corrected chi connectivity index (χ4v) is 2.29. The lowest BCUT2D eigenvalue weighted by Crippen LogP contribution is -2.46. The van der Waals surface area contributed by atoms with Gasteiger partial charge >= 0.3 is 0 Å². The van der Waals surface area contributed by atoms with Gasteiger partial charge in [-0.2, -0.15) is 0 Å². The van der Waals surface area contributed by atoms with Crippen molar-refractivity contribution < 1.29 is 4.74 Å². The molecule has 0 aromatic carbocycles. The molecule has 0 amide bonds. The largest absolute Gasteiger partial charge is 0.377 e. The van der Waals surface area contributed by atoms with Crippen LogP contribution in [0.3, 0.4) is 0 Å². The zero-order valence-corrected chi connectivity index (χ0v) is 12.6.